The van der Waals surface area contributed by atoms with Gasteiger partial charge in [0.1, 0.15) is 11.6 Å². The van der Waals surface area contributed by atoms with Gasteiger partial charge in [-0.3, -0.25) is 4.79 Å². The average Bonchev–Trinajstić information content (AvgIpc) is 2.13. The molecule has 1 unspecified atom stereocenters. The maximum atomic E-state index is 11.1. The molecule has 6 heteroatoms. The Hall–Kier alpha value is -1.74. The second-order valence-electron chi connectivity index (χ2n) is 4.36. The van der Waals surface area contributed by atoms with Crippen LogP contribution in [0.5, 0.6) is 0 Å². The lowest BCUT2D eigenvalue weighted by molar-refractivity contribution is -0.138. The van der Waals surface area contributed by atoms with Crippen LogP contribution in [-0.4, -0.2) is 35.4 Å². The molecule has 0 heterocycles. The van der Waals surface area contributed by atoms with E-state index in [2.05, 4.69) is 17.2 Å². The SMILES string of the molecule is CC(C)(C)OC(=O)NCC#CCC(N)C(=O)O. The molecule has 0 aliphatic rings. The number of carboxylic acids is 1. The van der Waals surface area contributed by atoms with Gasteiger partial charge in [-0.25, -0.2) is 4.79 Å². The van der Waals surface area contributed by atoms with E-state index in [9.17, 15) is 9.59 Å². The normalized spacial score (nSPS) is 12.0. The topological polar surface area (TPSA) is 102 Å². The van der Waals surface area contributed by atoms with Gasteiger partial charge in [-0.1, -0.05) is 11.8 Å². The first kappa shape index (κ1) is 15.3. The zero-order chi connectivity index (χ0) is 13.5. The Kier molecular flexibility index (Phi) is 6.07. The summed E-state index contributed by atoms with van der Waals surface area (Å²) in [5.41, 5.74) is 4.68. The molecule has 6 nitrogen and oxygen atoms in total. The van der Waals surface area contributed by atoms with Crippen molar-refractivity contribution in [3.63, 3.8) is 0 Å². The van der Waals surface area contributed by atoms with Gasteiger partial charge in [0, 0.05) is 6.42 Å². The molecule has 0 fully saturated rings. The Labute approximate surface area is 101 Å². The molecule has 0 rings (SSSR count). The number of hydrogen-bond donors (Lipinski definition) is 3. The van der Waals surface area contributed by atoms with Gasteiger partial charge in [-0.05, 0) is 20.8 Å². The number of hydrogen-bond acceptors (Lipinski definition) is 4. The number of alkyl carbamates (subject to hydrolysis) is 1. The van der Waals surface area contributed by atoms with Crippen LogP contribution in [0, 0.1) is 11.8 Å². The summed E-state index contributed by atoms with van der Waals surface area (Å²) in [4.78, 5) is 21.5. The minimum Gasteiger partial charge on any atom is -0.480 e. The molecule has 1 amide bonds. The second kappa shape index (κ2) is 6.76. The van der Waals surface area contributed by atoms with Crippen LogP contribution in [-0.2, 0) is 9.53 Å². The number of nitrogens with two attached hydrogens (primary N) is 1. The summed E-state index contributed by atoms with van der Waals surface area (Å²) in [6.07, 6.45) is -0.514. The number of carboxylic acid groups (broad SMARTS) is 1. The zero-order valence-corrected chi connectivity index (χ0v) is 10.2. The number of nitrogens with one attached hydrogen (secondary N) is 1. The Balaban J connectivity index is 3.81. The van der Waals surface area contributed by atoms with E-state index in [0.717, 1.165) is 0 Å². The van der Waals surface area contributed by atoms with Gasteiger partial charge >= 0.3 is 12.1 Å². The van der Waals surface area contributed by atoms with Gasteiger partial charge in [-0.15, -0.1) is 0 Å². The van der Waals surface area contributed by atoms with Crippen molar-refractivity contribution in [2.45, 2.75) is 38.8 Å². The summed E-state index contributed by atoms with van der Waals surface area (Å²) in [5.74, 6) is 4.04. The van der Waals surface area contributed by atoms with E-state index in [1.807, 2.05) is 0 Å². The molecule has 0 aromatic carbocycles. The van der Waals surface area contributed by atoms with Crippen LogP contribution in [0.4, 0.5) is 4.79 Å². The minimum absolute atomic E-state index is 0.0470. The van der Waals surface area contributed by atoms with Gasteiger partial charge in [0.05, 0.1) is 6.54 Å². The quantitative estimate of drug-likeness (QED) is 0.618. The van der Waals surface area contributed by atoms with Crippen LogP contribution in [0.1, 0.15) is 27.2 Å². The van der Waals surface area contributed by atoms with E-state index >= 15 is 0 Å². The van der Waals surface area contributed by atoms with Crippen LogP contribution in [0.25, 0.3) is 0 Å². The predicted octanol–water partition coefficient (Wildman–Crippen LogP) is 0.317. The van der Waals surface area contributed by atoms with E-state index in [1.165, 1.54) is 0 Å². The molecule has 0 radical (unpaired) electrons. The summed E-state index contributed by atoms with van der Waals surface area (Å²) >= 11 is 0. The van der Waals surface area contributed by atoms with Crippen molar-refractivity contribution >= 4 is 12.1 Å². The Morgan fingerprint density at radius 3 is 2.47 bits per heavy atom. The van der Waals surface area contributed by atoms with Crippen molar-refractivity contribution < 1.29 is 19.4 Å². The summed E-state index contributed by atoms with van der Waals surface area (Å²) in [6, 6.07) is -0.996. The molecule has 0 bridgehead atoms. The Morgan fingerprint density at radius 1 is 1.41 bits per heavy atom. The van der Waals surface area contributed by atoms with Crippen molar-refractivity contribution in [2.75, 3.05) is 6.54 Å². The van der Waals surface area contributed by atoms with Gasteiger partial charge in [0.2, 0.25) is 0 Å². The summed E-state index contributed by atoms with van der Waals surface area (Å²) in [6.45, 7) is 5.36. The van der Waals surface area contributed by atoms with Crippen molar-refractivity contribution in [1.29, 1.82) is 0 Å². The van der Waals surface area contributed by atoms with E-state index in [0.29, 0.717) is 0 Å². The third-order valence-electron chi connectivity index (χ3n) is 1.48. The molecule has 1 atom stereocenters. The molecule has 0 aliphatic carbocycles. The first-order valence-electron chi connectivity index (χ1n) is 5.13. The van der Waals surface area contributed by atoms with Gasteiger partial charge in [0.25, 0.3) is 0 Å². The monoisotopic (exact) mass is 242 g/mol. The maximum Gasteiger partial charge on any atom is 0.408 e. The van der Waals surface area contributed by atoms with E-state index in [1.54, 1.807) is 20.8 Å². The summed E-state index contributed by atoms with van der Waals surface area (Å²) < 4.78 is 4.97. The van der Waals surface area contributed by atoms with Crippen LogP contribution >= 0.6 is 0 Å². The standard InChI is InChI=1S/C11H18N2O4/c1-11(2,3)17-10(16)13-7-5-4-6-8(12)9(14)15/h8H,6-7,12H2,1-3H3,(H,13,16)(H,14,15). The highest BCUT2D eigenvalue weighted by Gasteiger charge is 2.15. The molecule has 0 aliphatic heterocycles. The molecule has 0 saturated heterocycles. The van der Waals surface area contributed by atoms with Crippen LogP contribution in [0.3, 0.4) is 0 Å². The second-order valence-corrected chi connectivity index (χ2v) is 4.36. The average molecular weight is 242 g/mol. The fourth-order valence-corrected chi connectivity index (χ4v) is 0.762. The van der Waals surface area contributed by atoms with E-state index in [-0.39, 0.29) is 13.0 Å². The first-order chi connectivity index (χ1) is 7.72. The predicted molar refractivity (Wildman–Crippen MR) is 62.2 cm³/mol. The van der Waals surface area contributed by atoms with Gasteiger partial charge in [-0.2, -0.15) is 0 Å². The number of carbonyl (C=O) groups excluding carboxylic acids is 1. The minimum atomic E-state index is -1.10. The molecule has 4 N–H and O–H groups in total. The third kappa shape index (κ3) is 9.20. The molecule has 0 aromatic rings. The molecule has 96 valence electrons. The number of ether oxygens (including phenoxy) is 1. The molecule has 0 aromatic heterocycles. The third-order valence-corrected chi connectivity index (χ3v) is 1.48. The van der Waals surface area contributed by atoms with E-state index in [4.69, 9.17) is 15.6 Å². The lowest BCUT2D eigenvalue weighted by Gasteiger charge is -2.19. The van der Waals surface area contributed by atoms with Crippen molar-refractivity contribution in [1.82, 2.24) is 5.32 Å². The lowest BCUT2D eigenvalue weighted by Crippen LogP contribution is -2.32. The smallest absolute Gasteiger partial charge is 0.408 e. The number of rotatable bonds is 3. The largest absolute Gasteiger partial charge is 0.480 e. The Morgan fingerprint density at radius 2 is 2.00 bits per heavy atom. The van der Waals surface area contributed by atoms with Crippen LogP contribution in [0.15, 0.2) is 0 Å². The fourth-order valence-electron chi connectivity index (χ4n) is 0.762. The highest BCUT2D eigenvalue weighted by atomic mass is 16.6. The van der Waals surface area contributed by atoms with Crippen molar-refractivity contribution in [3.8, 4) is 11.8 Å². The highest BCUT2D eigenvalue weighted by molar-refractivity contribution is 5.73. The van der Waals surface area contributed by atoms with E-state index < -0.39 is 23.7 Å². The first-order valence-corrected chi connectivity index (χ1v) is 5.13. The summed E-state index contributed by atoms with van der Waals surface area (Å²) in [5, 5.41) is 10.9. The number of carbonyl (C=O) groups is 2. The van der Waals surface area contributed by atoms with Crippen LogP contribution in [0.2, 0.25) is 0 Å². The number of aliphatic carboxylic acids is 1. The number of amides is 1. The molecular formula is C11H18N2O4. The highest BCUT2D eigenvalue weighted by Crippen LogP contribution is 2.05. The zero-order valence-electron chi connectivity index (χ0n) is 10.2. The van der Waals surface area contributed by atoms with Crippen molar-refractivity contribution in [3.05, 3.63) is 0 Å². The Bertz CT molecular complexity index is 336. The van der Waals surface area contributed by atoms with Gasteiger partial charge in [0.15, 0.2) is 0 Å². The molecule has 0 spiro atoms. The van der Waals surface area contributed by atoms with Crippen molar-refractivity contribution in [2.24, 2.45) is 5.73 Å². The molecule has 0 saturated carbocycles. The summed E-state index contributed by atoms with van der Waals surface area (Å²) in [7, 11) is 0. The molecule has 17 heavy (non-hydrogen) atoms. The maximum absolute atomic E-state index is 11.1. The van der Waals surface area contributed by atoms with Gasteiger partial charge < -0.3 is 20.9 Å². The fraction of sp³-hybridized carbons (Fsp3) is 0.636. The molecular weight excluding hydrogens is 224 g/mol. The lowest BCUT2D eigenvalue weighted by atomic mass is 10.2. The van der Waals surface area contributed by atoms with Crippen LogP contribution < -0.4 is 11.1 Å².